The van der Waals surface area contributed by atoms with Crippen molar-refractivity contribution in [2.75, 3.05) is 0 Å². The van der Waals surface area contributed by atoms with Crippen LogP contribution in [0.25, 0.3) is 0 Å². The van der Waals surface area contributed by atoms with E-state index in [0.29, 0.717) is 11.5 Å². The van der Waals surface area contributed by atoms with E-state index in [4.69, 9.17) is 5.73 Å². The van der Waals surface area contributed by atoms with Gasteiger partial charge in [-0.05, 0) is 37.5 Å². The van der Waals surface area contributed by atoms with Crippen LogP contribution in [-0.2, 0) is 0 Å². The maximum atomic E-state index is 6.30. The zero-order valence-electron chi connectivity index (χ0n) is 11.5. The SMILES string of the molecule is Cc1nccn1C1CC(C(C)(C)C)CCC1N. The number of nitrogens with two attached hydrogens (primary N) is 1. The second-order valence-corrected chi connectivity index (χ2v) is 6.49. The molecule has 1 aliphatic rings. The van der Waals surface area contributed by atoms with Gasteiger partial charge in [-0.1, -0.05) is 20.8 Å². The molecule has 3 unspecified atom stereocenters. The molecule has 0 spiro atoms. The maximum absolute atomic E-state index is 6.30. The summed E-state index contributed by atoms with van der Waals surface area (Å²) in [6.45, 7) is 9.08. The van der Waals surface area contributed by atoms with Gasteiger partial charge in [-0.15, -0.1) is 0 Å². The van der Waals surface area contributed by atoms with Crippen molar-refractivity contribution in [2.24, 2.45) is 17.1 Å². The maximum Gasteiger partial charge on any atom is 0.105 e. The van der Waals surface area contributed by atoms with Crippen molar-refractivity contribution in [3.8, 4) is 0 Å². The van der Waals surface area contributed by atoms with Crippen LogP contribution >= 0.6 is 0 Å². The van der Waals surface area contributed by atoms with E-state index in [1.807, 2.05) is 6.20 Å². The van der Waals surface area contributed by atoms with Gasteiger partial charge in [0.2, 0.25) is 0 Å². The number of imidazole rings is 1. The normalized spacial score (nSPS) is 30.5. The lowest BCUT2D eigenvalue weighted by atomic mass is 9.69. The zero-order chi connectivity index (χ0) is 12.6. The Morgan fingerprint density at radius 1 is 1.35 bits per heavy atom. The van der Waals surface area contributed by atoms with Gasteiger partial charge in [-0.3, -0.25) is 0 Å². The molecule has 0 saturated heterocycles. The highest BCUT2D eigenvalue weighted by molar-refractivity contribution is 4.98. The fourth-order valence-corrected chi connectivity index (χ4v) is 3.01. The number of aromatic nitrogens is 2. The standard InChI is InChI=1S/C14H25N3/c1-10-16-7-8-17(10)13-9-11(14(2,3)4)5-6-12(13)15/h7-8,11-13H,5-6,9,15H2,1-4H3. The fourth-order valence-electron chi connectivity index (χ4n) is 3.01. The first kappa shape index (κ1) is 12.6. The van der Waals surface area contributed by atoms with E-state index >= 15 is 0 Å². The largest absolute Gasteiger partial charge is 0.331 e. The Labute approximate surface area is 104 Å². The first-order valence-corrected chi connectivity index (χ1v) is 6.64. The fraction of sp³-hybridized carbons (Fsp3) is 0.786. The number of aryl methyl sites for hydroxylation is 1. The van der Waals surface area contributed by atoms with E-state index in [0.717, 1.165) is 18.2 Å². The van der Waals surface area contributed by atoms with Crippen molar-refractivity contribution in [1.82, 2.24) is 9.55 Å². The van der Waals surface area contributed by atoms with E-state index in [-0.39, 0.29) is 6.04 Å². The summed E-state index contributed by atoms with van der Waals surface area (Å²) in [5.41, 5.74) is 6.68. The van der Waals surface area contributed by atoms with Crippen LogP contribution in [0.5, 0.6) is 0 Å². The van der Waals surface area contributed by atoms with Gasteiger partial charge < -0.3 is 10.3 Å². The summed E-state index contributed by atoms with van der Waals surface area (Å²) in [6, 6.07) is 0.706. The topological polar surface area (TPSA) is 43.8 Å². The molecule has 2 rings (SSSR count). The summed E-state index contributed by atoms with van der Waals surface area (Å²) in [4.78, 5) is 4.32. The molecule has 1 aromatic heterocycles. The zero-order valence-corrected chi connectivity index (χ0v) is 11.5. The lowest BCUT2D eigenvalue weighted by molar-refractivity contribution is 0.129. The van der Waals surface area contributed by atoms with E-state index in [9.17, 15) is 0 Å². The van der Waals surface area contributed by atoms with Gasteiger partial charge in [0.1, 0.15) is 5.82 Å². The van der Waals surface area contributed by atoms with Crippen molar-refractivity contribution >= 4 is 0 Å². The predicted octanol–water partition coefficient (Wildman–Crippen LogP) is 2.91. The lowest BCUT2D eigenvalue weighted by Gasteiger charge is -2.41. The van der Waals surface area contributed by atoms with Gasteiger partial charge in [0.05, 0.1) is 6.04 Å². The number of hydrogen-bond donors (Lipinski definition) is 1. The molecule has 96 valence electrons. The molecular formula is C14H25N3. The molecule has 0 aliphatic heterocycles. The van der Waals surface area contributed by atoms with Crippen molar-refractivity contribution < 1.29 is 0 Å². The summed E-state index contributed by atoms with van der Waals surface area (Å²) in [5, 5.41) is 0. The molecule has 3 nitrogen and oxygen atoms in total. The molecule has 0 amide bonds. The van der Waals surface area contributed by atoms with Gasteiger partial charge in [0.25, 0.3) is 0 Å². The Bertz CT molecular complexity index is 375. The summed E-state index contributed by atoms with van der Waals surface area (Å²) < 4.78 is 2.27. The molecule has 1 saturated carbocycles. The molecule has 3 heteroatoms. The second-order valence-electron chi connectivity index (χ2n) is 6.49. The summed E-state index contributed by atoms with van der Waals surface area (Å²) in [5.74, 6) is 1.84. The lowest BCUT2D eigenvalue weighted by Crippen LogP contribution is -2.41. The monoisotopic (exact) mass is 235 g/mol. The highest BCUT2D eigenvalue weighted by Gasteiger charge is 2.35. The molecule has 3 atom stereocenters. The molecule has 1 fully saturated rings. The molecule has 0 aromatic carbocycles. The highest BCUT2D eigenvalue weighted by Crippen LogP contribution is 2.41. The van der Waals surface area contributed by atoms with Crippen LogP contribution in [0.2, 0.25) is 0 Å². The van der Waals surface area contributed by atoms with Crippen LogP contribution in [0.4, 0.5) is 0 Å². The van der Waals surface area contributed by atoms with Gasteiger partial charge in [0.15, 0.2) is 0 Å². The summed E-state index contributed by atoms with van der Waals surface area (Å²) in [6.07, 6.45) is 7.52. The predicted molar refractivity (Wildman–Crippen MR) is 70.8 cm³/mol. The second kappa shape index (κ2) is 4.45. The van der Waals surface area contributed by atoms with Crippen LogP contribution in [-0.4, -0.2) is 15.6 Å². The average molecular weight is 235 g/mol. The molecular weight excluding hydrogens is 210 g/mol. The van der Waals surface area contributed by atoms with Crippen molar-refractivity contribution in [3.05, 3.63) is 18.2 Å². The smallest absolute Gasteiger partial charge is 0.105 e. The minimum absolute atomic E-state index is 0.279. The molecule has 1 heterocycles. The highest BCUT2D eigenvalue weighted by atomic mass is 15.1. The van der Waals surface area contributed by atoms with Crippen LogP contribution in [0, 0.1) is 18.3 Å². The van der Waals surface area contributed by atoms with E-state index in [1.54, 1.807) is 0 Å². The Morgan fingerprint density at radius 3 is 2.59 bits per heavy atom. The van der Waals surface area contributed by atoms with Crippen LogP contribution in [0.3, 0.4) is 0 Å². The minimum Gasteiger partial charge on any atom is -0.331 e. The molecule has 1 aliphatic carbocycles. The summed E-state index contributed by atoms with van der Waals surface area (Å²) >= 11 is 0. The number of hydrogen-bond acceptors (Lipinski definition) is 2. The van der Waals surface area contributed by atoms with Gasteiger partial charge in [-0.25, -0.2) is 4.98 Å². The van der Waals surface area contributed by atoms with Crippen molar-refractivity contribution in [3.63, 3.8) is 0 Å². The van der Waals surface area contributed by atoms with E-state index in [2.05, 4.69) is 43.4 Å². The Balaban J connectivity index is 2.19. The molecule has 17 heavy (non-hydrogen) atoms. The van der Waals surface area contributed by atoms with Gasteiger partial charge in [0, 0.05) is 18.4 Å². The van der Waals surface area contributed by atoms with E-state index < -0.39 is 0 Å². The Hall–Kier alpha value is -0.830. The van der Waals surface area contributed by atoms with Crippen LogP contribution in [0.1, 0.15) is 51.9 Å². The first-order valence-electron chi connectivity index (χ1n) is 6.64. The molecule has 0 bridgehead atoms. The minimum atomic E-state index is 0.279. The Morgan fingerprint density at radius 2 is 2.06 bits per heavy atom. The third-order valence-electron chi connectivity index (χ3n) is 4.31. The van der Waals surface area contributed by atoms with E-state index in [1.165, 1.54) is 12.8 Å². The number of nitrogens with zero attached hydrogens (tertiary/aromatic N) is 2. The molecule has 1 aromatic rings. The van der Waals surface area contributed by atoms with Crippen LogP contribution < -0.4 is 5.73 Å². The Kier molecular flexibility index (Phi) is 3.30. The number of rotatable bonds is 1. The van der Waals surface area contributed by atoms with Crippen molar-refractivity contribution in [1.29, 1.82) is 0 Å². The first-order chi connectivity index (χ1) is 7.89. The van der Waals surface area contributed by atoms with Gasteiger partial charge >= 0.3 is 0 Å². The van der Waals surface area contributed by atoms with Crippen LogP contribution in [0.15, 0.2) is 12.4 Å². The summed E-state index contributed by atoms with van der Waals surface area (Å²) in [7, 11) is 0. The molecule has 2 N–H and O–H groups in total. The molecule has 0 radical (unpaired) electrons. The van der Waals surface area contributed by atoms with Crippen molar-refractivity contribution in [2.45, 2.75) is 59.0 Å². The van der Waals surface area contributed by atoms with Gasteiger partial charge in [-0.2, -0.15) is 0 Å². The quantitative estimate of drug-likeness (QED) is 0.813. The third-order valence-corrected chi connectivity index (χ3v) is 4.31. The third kappa shape index (κ3) is 2.54. The average Bonchev–Trinajstić information content (AvgIpc) is 2.63.